The highest BCUT2D eigenvalue weighted by atomic mass is 16.5. The zero-order chi connectivity index (χ0) is 17.6. The summed E-state index contributed by atoms with van der Waals surface area (Å²) in [5.41, 5.74) is 3.08. The van der Waals surface area contributed by atoms with Crippen molar-refractivity contribution in [3.05, 3.63) is 66.1 Å². The van der Waals surface area contributed by atoms with E-state index >= 15 is 0 Å². The maximum Gasteiger partial charge on any atom is 0.194 e. The number of benzene rings is 1. The fourth-order valence-electron chi connectivity index (χ4n) is 2.67. The van der Waals surface area contributed by atoms with Crippen LogP contribution in [0.15, 0.2) is 64.2 Å². The molecule has 130 valence electrons. The lowest BCUT2D eigenvalue weighted by atomic mass is 10.2. The van der Waals surface area contributed by atoms with E-state index in [1.54, 1.807) is 7.05 Å². The number of aryl methyl sites for hydroxylation is 1. The van der Waals surface area contributed by atoms with Gasteiger partial charge in [-0.3, -0.25) is 4.99 Å². The first kappa shape index (κ1) is 16.8. The third kappa shape index (κ3) is 4.09. The van der Waals surface area contributed by atoms with E-state index in [0.29, 0.717) is 6.54 Å². The van der Waals surface area contributed by atoms with Crippen LogP contribution in [0.25, 0.3) is 11.3 Å². The Hall–Kier alpha value is -3.02. The van der Waals surface area contributed by atoms with Gasteiger partial charge in [0.25, 0.3) is 0 Å². The molecule has 0 fully saturated rings. The average molecular weight is 337 g/mol. The van der Waals surface area contributed by atoms with Crippen molar-refractivity contribution in [1.29, 1.82) is 0 Å². The number of nitrogens with zero attached hydrogens (tertiary/aromatic N) is 4. The Morgan fingerprint density at radius 3 is 2.72 bits per heavy atom. The predicted octanol–water partition coefficient (Wildman–Crippen LogP) is 2.89. The molecule has 0 spiro atoms. The van der Waals surface area contributed by atoms with Crippen LogP contribution in [0.1, 0.15) is 11.4 Å². The molecule has 0 aliphatic heterocycles. The van der Waals surface area contributed by atoms with Crippen LogP contribution in [0.4, 0.5) is 0 Å². The lowest BCUT2D eigenvalue weighted by Crippen LogP contribution is -2.38. The summed E-state index contributed by atoms with van der Waals surface area (Å²) in [4.78, 5) is 6.42. The zero-order valence-corrected chi connectivity index (χ0v) is 14.8. The predicted molar refractivity (Wildman–Crippen MR) is 99.0 cm³/mol. The molecule has 0 radical (unpaired) electrons. The van der Waals surface area contributed by atoms with Crippen molar-refractivity contribution in [3.8, 4) is 11.3 Å². The minimum absolute atomic E-state index is 0.556. The minimum Gasteiger partial charge on any atom is -0.356 e. The summed E-state index contributed by atoms with van der Waals surface area (Å²) >= 11 is 0. The second-order valence-corrected chi connectivity index (χ2v) is 5.92. The second kappa shape index (κ2) is 7.70. The average Bonchev–Trinajstić information content (AvgIpc) is 3.26. The number of guanidine groups is 1. The van der Waals surface area contributed by atoms with Crippen molar-refractivity contribution < 1.29 is 4.52 Å². The molecule has 3 aromatic rings. The standard InChI is InChI=1S/C19H23N5O/c1-20-19(24(3)14-17-10-7-11-23(17)2)21-13-16-12-18(25-22-16)15-8-5-4-6-9-15/h4-12H,13-14H2,1-3H3,(H,20,21). The van der Waals surface area contributed by atoms with E-state index in [-0.39, 0.29) is 0 Å². The number of rotatable bonds is 5. The SMILES string of the molecule is CN=C(NCc1cc(-c2ccccc2)on1)N(C)Cc1cccn1C. The third-order valence-electron chi connectivity index (χ3n) is 4.07. The van der Waals surface area contributed by atoms with Crippen LogP contribution in [0, 0.1) is 0 Å². The molecule has 3 rings (SSSR count). The molecule has 0 saturated heterocycles. The van der Waals surface area contributed by atoms with Gasteiger partial charge in [-0.1, -0.05) is 35.5 Å². The summed E-state index contributed by atoms with van der Waals surface area (Å²) in [6, 6.07) is 16.1. The molecule has 0 bridgehead atoms. The molecule has 0 aliphatic carbocycles. The fourth-order valence-corrected chi connectivity index (χ4v) is 2.67. The van der Waals surface area contributed by atoms with Gasteiger partial charge in [-0.2, -0.15) is 0 Å². The highest BCUT2D eigenvalue weighted by Gasteiger charge is 2.10. The molecule has 1 N–H and O–H groups in total. The molecule has 25 heavy (non-hydrogen) atoms. The van der Waals surface area contributed by atoms with Gasteiger partial charge in [0.05, 0.1) is 13.1 Å². The summed E-state index contributed by atoms with van der Waals surface area (Å²) < 4.78 is 7.54. The highest BCUT2D eigenvalue weighted by Crippen LogP contribution is 2.19. The van der Waals surface area contributed by atoms with Crippen molar-refractivity contribution in [2.75, 3.05) is 14.1 Å². The van der Waals surface area contributed by atoms with Gasteiger partial charge in [0.2, 0.25) is 0 Å². The van der Waals surface area contributed by atoms with Gasteiger partial charge in [0.1, 0.15) is 5.69 Å². The van der Waals surface area contributed by atoms with Gasteiger partial charge in [0, 0.05) is 44.7 Å². The summed E-state index contributed by atoms with van der Waals surface area (Å²) in [7, 11) is 5.84. The fraction of sp³-hybridized carbons (Fsp3) is 0.263. The van der Waals surface area contributed by atoms with E-state index in [1.165, 1.54) is 5.69 Å². The van der Waals surface area contributed by atoms with E-state index in [0.717, 1.165) is 29.5 Å². The Morgan fingerprint density at radius 1 is 1.24 bits per heavy atom. The molecule has 0 atom stereocenters. The monoisotopic (exact) mass is 337 g/mol. The normalized spacial score (nSPS) is 11.6. The smallest absolute Gasteiger partial charge is 0.194 e. The van der Waals surface area contributed by atoms with Gasteiger partial charge in [-0.05, 0) is 12.1 Å². The van der Waals surface area contributed by atoms with Gasteiger partial charge >= 0.3 is 0 Å². The van der Waals surface area contributed by atoms with Crippen LogP contribution in [0.5, 0.6) is 0 Å². The number of aromatic nitrogens is 2. The number of hydrogen-bond acceptors (Lipinski definition) is 3. The first-order valence-electron chi connectivity index (χ1n) is 8.20. The summed E-state index contributed by atoms with van der Waals surface area (Å²) in [6.45, 7) is 1.33. The van der Waals surface area contributed by atoms with E-state index in [2.05, 4.69) is 31.0 Å². The Balaban J connectivity index is 1.60. The topological polar surface area (TPSA) is 58.6 Å². The highest BCUT2D eigenvalue weighted by molar-refractivity contribution is 5.79. The molecule has 2 aromatic heterocycles. The number of aliphatic imine (C=N–C) groups is 1. The van der Waals surface area contributed by atoms with Crippen molar-refractivity contribution >= 4 is 5.96 Å². The minimum atomic E-state index is 0.556. The van der Waals surface area contributed by atoms with Gasteiger partial charge in [0.15, 0.2) is 11.7 Å². The summed E-state index contributed by atoms with van der Waals surface area (Å²) in [6.07, 6.45) is 2.04. The van der Waals surface area contributed by atoms with Crippen molar-refractivity contribution in [3.63, 3.8) is 0 Å². The van der Waals surface area contributed by atoms with Gasteiger partial charge < -0.3 is 19.3 Å². The van der Waals surface area contributed by atoms with E-state index in [1.807, 2.05) is 62.8 Å². The quantitative estimate of drug-likeness (QED) is 0.574. The molecule has 0 saturated carbocycles. The molecular weight excluding hydrogens is 314 g/mol. The Morgan fingerprint density at radius 2 is 2.04 bits per heavy atom. The first-order chi connectivity index (χ1) is 12.2. The number of hydrogen-bond donors (Lipinski definition) is 1. The van der Waals surface area contributed by atoms with Crippen LogP contribution >= 0.6 is 0 Å². The summed E-state index contributed by atoms with van der Waals surface area (Å²) in [5.74, 6) is 1.58. The Bertz CT molecular complexity index is 834. The van der Waals surface area contributed by atoms with Crippen molar-refractivity contribution in [2.24, 2.45) is 12.0 Å². The molecular formula is C19H23N5O. The van der Waals surface area contributed by atoms with Crippen LogP contribution in [-0.2, 0) is 20.1 Å². The van der Waals surface area contributed by atoms with Crippen LogP contribution in [0.3, 0.4) is 0 Å². The summed E-state index contributed by atoms with van der Waals surface area (Å²) in [5, 5.41) is 7.46. The molecule has 0 unspecified atom stereocenters. The maximum absolute atomic E-state index is 5.43. The van der Waals surface area contributed by atoms with Crippen LogP contribution in [0.2, 0.25) is 0 Å². The third-order valence-corrected chi connectivity index (χ3v) is 4.07. The van der Waals surface area contributed by atoms with Crippen molar-refractivity contribution in [1.82, 2.24) is 19.9 Å². The van der Waals surface area contributed by atoms with Gasteiger partial charge in [-0.15, -0.1) is 0 Å². The van der Waals surface area contributed by atoms with E-state index in [4.69, 9.17) is 4.52 Å². The maximum atomic E-state index is 5.43. The molecule has 6 nitrogen and oxygen atoms in total. The van der Waals surface area contributed by atoms with Crippen LogP contribution < -0.4 is 5.32 Å². The largest absolute Gasteiger partial charge is 0.356 e. The Labute approximate surface area is 147 Å². The first-order valence-corrected chi connectivity index (χ1v) is 8.20. The van der Waals surface area contributed by atoms with Crippen molar-refractivity contribution in [2.45, 2.75) is 13.1 Å². The molecule has 0 amide bonds. The Kier molecular flexibility index (Phi) is 5.18. The van der Waals surface area contributed by atoms with E-state index in [9.17, 15) is 0 Å². The lowest BCUT2D eigenvalue weighted by molar-refractivity contribution is 0.419. The molecule has 1 aromatic carbocycles. The molecule has 0 aliphatic rings. The van der Waals surface area contributed by atoms with Gasteiger partial charge in [-0.25, -0.2) is 0 Å². The molecule has 6 heteroatoms. The second-order valence-electron chi connectivity index (χ2n) is 5.92. The van der Waals surface area contributed by atoms with Crippen LogP contribution in [-0.4, -0.2) is 34.7 Å². The lowest BCUT2D eigenvalue weighted by Gasteiger charge is -2.22. The molecule has 2 heterocycles. The zero-order valence-electron chi connectivity index (χ0n) is 14.8. The number of nitrogens with one attached hydrogen (secondary N) is 1. The van der Waals surface area contributed by atoms with E-state index < -0.39 is 0 Å².